The number of likely N-dealkylation sites (tertiary alicyclic amines) is 1. The topological polar surface area (TPSA) is 26.8 Å². The van der Waals surface area contributed by atoms with Crippen molar-refractivity contribution >= 4 is 11.6 Å². The van der Waals surface area contributed by atoms with Gasteiger partial charge in [-0.25, -0.2) is 4.39 Å². The molecule has 0 aromatic heterocycles. The molecule has 0 saturated carbocycles. The molecule has 2 saturated heterocycles. The van der Waals surface area contributed by atoms with Crippen molar-refractivity contribution in [2.45, 2.75) is 25.3 Å². The maximum absolute atomic E-state index is 13.1. The summed E-state index contributed by atoms with van der Waals surface area (Å²) in [6.45, 7) is 5.58. The molecule has 2 aliphatic rings. The van der Waals surface area contributed by atoms with Gasteiger partial charge in [0.15, 0.2) is 0 Å². The highest BCUT2D eigenvalue weighted by Crippen LogP contribution is 2.22. The quantitative estimate of drug-likeness (QED) is 0.814. The van der Waals surface area contributed by atoms with E-state index in [1.54, 1.807) is 0 Å². The third kappa shape index (κ3) is 4.53. The van der Waals surface area contributed by atoms with E-state index in [4.69, 9.17) is 0 Å². The van der Waals surface area contributed by atoms with Crippen molar-refractivity contribution in [2.75, 3.05) is 44.2 Å². The first-order valence-corrected chi connectivity index (χ1v) is 10.3. The largest absolute Gasteiger partial charge is 0.369 e. The summed E-state index contributed by atoms with van der Waals surface area (Å²) < 4.78 is 13.1. The van der Waals surface area contributed by atoms with Crippen LogP contribution in [0.5, 0.6) is 0 Å². The molecule has 2 aromatic carbocycles. The number of carbonyl (C=O) groups is 1. The van der Waals surface area contributed by atoms with E-state index in [2.05, 4.69) is 9.80 Å². The van der Waals surface area contributed by atoms with Crippen LogP contribution in [0.4, 0.5) is 10.1 Å². The van der Waals surface area contributed by atoms with Crippen LogP contribution in [0, 0.1) is 5.82 Å². The van der Waals surface area contributed by atoms with Gasteiger partial charge in [0.2, 0.25) is 5.91 Å². The van der Waals surface area contributed by atoms with Crippen LogP contribution in [0.2, 0.25) is 0 Å². The first kappa shape index (κ1) is 18.9. The standard InChI is InChI=1S/C23H28FN3O/c24-20-8-10-21(11-9-20)25-13-15-26(16-14-25)22-7-4-12-27(18-22)23(28)17-19-5-2-1-3-6-19/h1-3,5-6,8-11,22H,4,7,12-18H2. The Balaban J connectivity index is 1.30. The molecule has 0 aliphatic carbocycles. The lowest BCUT2D eigenvalue weighted by molar-refractivity contribution is -0.132. The molecule has 0 spiro atoms. The molecular weight excluding hydrogens is 353 g/mol. The summed E-state index contributed by atoms with van der Waals surface area (Å²) in [6, 6.07) is 17.2. The minimum Gasteiger partial charge on any atom is -0.369 e. The highest BCUT2D eigenvalue weighted by Gasteiger charge is 2.30. The maximum atomic E-state index is 13.1. The highest BCUT2D eigenvalue weighted by atomic mass is 19.1. The molecule has 4 rings (SSSR count). The number of piperazine rings is 1. The first-order valence-electron chi connectivity index (χ1n) is 10.3. The maximum Gasteiger partial charge on any atom is 0.227 e. The lowest BCUT2D eigenvalue weighted by Crippen LogP contribution is -2.56. The zero-order valence-corrected chi connectivity index (χ0v) is 16.3. The van der Waals surface area contributed by atoms with Crippen LogP contribution in [0.15, 0.2) is 54.6 Å². The van der Waals surface area contributed by atoms with E-state index in [0.717, 1.165) is 63.4 Å². The second-order valence-electron chi connectivity index (χ2n) is 7.80. The molecule has 0 bridgehead atoms. The second kappa shape index (κ2) is 8.74. The molecule has 1 unspecified atom stereocenters. The Labute approximate surface area is 166 Å². The first-order chi connectivity index (χ1) is 13.7. The van der Waals surface area contributed by atoms with E-state index < -0.39 is 0 Å². The Morgan fingerprint density at radius 3 is 2.36 bits per heavy atom. The minimum atomic E-state index is -0.190. The van der Waals surface area contributed by atoms with Gasteiger partial charge in [-0.05, 0) is 42.7 Å². The number of hydrogen-bond acceptors (Lipinski definition) is 3. The van der Waals surface area contributed by atoms with Gasteiger partial charge in [0, 0.05) is 51.0 Å². The molecule has 2 aliphatic heterocycles. The zero-order valence-electron chi connectivity index (χ0n) is 16.3. The monoisotopic (exact) mass is 381 g/mol. The van der Waals surface area contributed by atoms with Gasteiger partial charge in [-0.3, -0.25) is 9.69 Å². The number of carbonyl (C=O) groups excluding carboxylic acids is 1. The van der Waals surface area contributed by atoms with Crippen molar-refractivity contribution in [1.82, 2.24) is 9.80 Å². The fourth-order valence-corrected chi connectivity index (χ4v) is 4.36. The Morgan fingerprint density at radius 2 is 1.64 bits per heavy atom. The number of rotatable bonds is 4. The van der Waals surface area contributed by atoms with E-state index in [1.165, 1.54) is 12.1 Å². The van der Waals surface area contributed by atoms with Crippen LogP contribution in [0.3, 0.4) is 0 Å². The molecule has 0 radical (unpaired) electrons. The van der Waals surface area contributed by atoms with Crippen LogP contribution >= 0.6 is 0 Å². The molecule has 2 aromatic rings. The number of piperidine rings is 1. The minimum absolute atomic E-state index is 0.190. The third-order valence-corrected chi connectivity index (χ3v) is 5.97. The van der Waals surface area contributed by atoms with Crippen molar-refractivity contribution in [2.24, 2.45) is 0 Å². The smallest absolute Gasteiger partial charge is 0.227 e. The van der Waals surface area contributed by atoms with Crippen LogP contribution in [-0.4, -0.2) is 61.0 Å². The van der Waals surface area contributed by atoms with E-state index in [-0.39, 0.29) is 11.7 Å². The summed E-state index contributed by atoms with van der Waals surface area (Å²) >= 11 is 0. The summed E-state index contributed by atoms with van der Waals surface area (Å²) in [4.78, 5) is 19.6. The predicted molar refractivity (Wildman–Crippen MR) is 110 cm³/mol. The molecule has 1 amide bonds. The van der Waals surface area contributed by atoms with Crippen molar-refractivity contribution in [3.8, 4) is 0 Å². The predicted octanol–water partition coefficient (Wildman–Crippen LogP) is 3.18. The van der Waals surface area contributed by atoms with Crippen LogP contribution in [0.1, 0.15) is 18.4 Å². The lowest BCUT2D eigenvalue weighted by atomic mass is 10.0. The average Bonchev–Trinajstić information content (AvgIpc) is 2.75. The molecule has 5 heteroatoms. The number of nitrogens with zero attached hydrogens (tertiary/aromatic N) is 3. The van der Waals surface area contributed by atoms with Gasteiger partial charge >= 0.3 is 0 Å². The van der Waals surface area contributed by atoms with Gasteiger partial charge in [0.1, 0.15) is 5.82 Å². The number of hydrogen-bond donors (Lipinski definition) is 0. The Hall–Kier alpha value is -2.40. The zero-order chi connectivity index (χ0) is 19.3. The molecule has 2 fully saturated rings. The van der Waals surface area contributed by atoms with Crippen LogP contribution in [-0.2, 0) is 11.2 Å². The normalized spacial score (nSPS) is 21.0. The van der Waals surface area contributed by atoms with Gasteiger partial charge in [-0.2, -0.15) is 0 Å². The number of halogens is 1. The molecular formula is C23H28FN3O. The van der Waals surface area contributed by atoms with E-state index in [1.807, 2.05) is 47.4 Å². The Kier molecular flexibility index (Phi) is 5.91. The molecule has 2 heterocycles. The van der Waals surface area contributed by atoms with Crippen molar-refractivity contribution < 1.29 is 9.18 Å². The molecule has 1 atom stereocenters. The van der Waals surface area contributed by atoms with Crippen LogP contribution in [0.25, 0.3) is 0 Å². The van der Waals surface area contributed by atoms with Crippen molar-refractivity contribution in [1.29, 1.82) is 0 Å². The van der Waals surface area contributed by atoms with Gasteiger partial charge in [-0.15, -0.1) is 0 Å². The second-order valence-corrected chi connectivity index (χ2v) is 7.80. The molecule has 0 N–H and O–H groups in total. The van der Waals surface area contributed by atoms with E-state index in [9.17, 15) is 9.18 Å². The number of anilines is 1. The summed E-state index contributed by atoms with van der Waals surface area (Å²) in [5, 5.41) is 0. The lowest BCUT2D eigenvalue weighted by Gasteiger charge is -2.44. The van der Waals surface area contributed by atoms with Crippen LogP contribution < -0.4 is 4.90 Å². The van der Waals surface area contributed by atoms with E-state index >= 15 is 0 Å². The van der Waals surface area contributed by atoms with Crippen molar-refractivity contribution in [3.05, 3.63) is 66.0 Å². The number of benzene rings is 2. The summed E-state index contributed by atoms with van der Waals surface area (Å²) in [7, 11) is 0. The Morgan fingerprint density at radius 1 is 0.929 bits per heavy atom. The highest BCUT2D eigenvalue weighted by molar-refractivity contribution is 5.78. The summed E-state index contributed by atoms with van der Waals surface area (Å²) in [6.07, 6.45) is 2.72. The van der Waals surface area contributed by atoms with E-state index in [0.29, 0.717) is 12.5 Å². The van der Waals surface area contributed by atoms with Gasteiger partial charge < -0.3 is 9.80 Å². The SMILES string of the molecule is O=C(Cc1ccccc1)N1CCCC(N2CCN(c3ccc(F)cc3)CC2)C1. The fraction of sp³-hybridized carbons (Fsp3) is 0.435. The fourth-order valence-electron chi connectivity index (χ4n) is 4.36. The summed E-state index contributed by atoms with van der Waals surface area (Å²) in [5.74, 6) is 0.0469. The molecule has 148 valence electrons. The van der Waals surface area contributed by atoms with Gasteiger partial charge in [-0.1, -0.05) is 30.3 Å². The Bertz CT molecular complexity index is 772. The van der Waals surface area contributed by atoms with Gasteiger partial charge in [0.05, 0.1) is 6.42 Å². The average molecular weight is 381 g/mol. The third-order valence-electron chi connectivity index (χ3n) is 5.97. The number of amides is 1. The molecule has 28 heavy (non-hydrogen) atoms. The molecule has 4 nitrogen and oxygen atoms in total. The summed E-state index contributed by atoms with van der Waals surface area (Å²) in [5.41, 5.74) is 2.17. The van der Waals surface area contributed by atoms with Gasteiger partial charge in [0.25, 0.3) is 0 Å². The van der Waals surface area contributed by atoms with Crippen molar-refractivity contribution in [3.63, 3.8) is 0 Å².